The van der Waals surface area contributed by atoms with Gasteiger partial charge in [0.1, 0.15) is 0 Å². The Kier molecular flexibility index (Phi) is 2.82. The van der Waals surface area contributed by atoms with Gasteiger partial charge in [-0.3, -0.25) is 0 Å². The van der Waals surface area contributed by atoms with Crippen LogP contribution in [0.25, 0.3) is 11.0 Å². The second-order valence-electron chi connectivity index (χ2n) is 3.05. The average Bonchev–Trinajstić information content (AvgIpc) is 2.36. The molecule has 84 valence electrons. The fourth-order valence-corrected chi connectivity index (χ4v) is 1.33. The molecule has 6 heteroatoms. The van der Waals surface area contributed by atoms with Crippen molar-refractivity contribution < 1.29 is 14.6 Å². The lowest BCUT2D eigenvalue weighted by molar-refractivity contribution is 0.277. The molecule has 0 atom stereocenters. The van der Waals surface area contributed by atoms with Crippen LogP contribution in [0.1, 0.15) is 5.69 Å². The molecule has 0 fully saturated rings. The highest BCUT2D eigenvalue weighted by molar-refractivity contribution is 5.79. The molecule has 6 nitrogen and oxygen atoms in total. The molecule has 2 aromatic rings. The van der Waals surface area contributed by atoms with Crippen molar-refractivity contribution in [2.75, 3.05) is 14.2 Å². The standard InChI is InChI=1S/C10H11N3O3/c1-15-9-8-7(12-10(13-9)16-2)4-3-6(5-14)11-8/h3-4,14H,5H2,1-2H3. The number of aliphatic hydroxyl groups is 1. The van der Waals surface area contributed by atoms with E-state index in [2.05, 4.69) is 15.0 Å². The maximum Gasteiger partial charge on any atom is 0.320 e. The van der Waals surface area contributed by atoms with E-state index in [1.54, 1.807) is 12.1 Å². The zero-order chi connectivity index (χ0) is 11.5. The molecule has 0 aromatic carbocycles. The number of aliphatic hydroxyl groups excluding tert-OH is 1. The third-order valence-electron chi connectivity index (χ3n) is 2.09. The Bertz CT molecular complexity index is 516. The molecule has 0 spiro atoms. The van der Waals surface area contributed by atoms with Crippen LogP contribution in [0, 0.1) is 0 Å². The summed E-state index contributed by atoms with van der Waals surface area (Å²) < 4.78 is 10.0. The highest BCUT2D eigenvalue weighted by Gasteiger charge is 2.10. The number of ether oxygens (including phenoxy) is 2. The van der Waals surface area contributed by atoms with Gasteiger partial charge in [0.25, 0.3) is 0 Å². The molecule has 2 aromatic heterocycles. The molecular formula is C10H11N3O3. The number of rotatable bonds is 3. The Morgan fingerprint density at radius 1 is 1.12 bits per heavy atom. The summed E-state index contributed by atoms with van der Waals surface area (Å²) in [6.45, 7) is -0.134. The quantitative estimate of drug-likeness (QED) is 0.814. The zero-order valence-corrected chi connectivity index (χ0v) is 8.97. The second-order valence-corrected chi connectivity index (χ2v) is 3.05. The molecule has 0 radical (unpaired) electrons. The Morgan fingerprint density at radius 3 is 2.56 bits per heavy atom. The lowest BCUT2D eigenvalue weighted by Gasteiger charge is -2.06. The summed E-state index contributed by atoms with van der Waals surface area (Å²) in [6, 6.07) is 3.65. The van der Waals surface area contributed by atoms with E-state index in [0.29, 0.717) is 22.6 Å². The van der Waals surface area contributed by atoms with Gasteiger partial charge in [-0.1, -0.05) is 0 Å². The number of hydrogen-bond acceptors (Lipinski definition) is 6. The first-order valence-electron chi connectivity index (χ1n) is 4.65. The predicted molar refractivity (Wildman–Crippen MR) is 56.4 cm³/mol. The smallest absolute Gasteiger partial charge is 0.320 e. The maximum absolute atomic E-state index is 8.99. The lowest BCUT2D eigenvalue weighted by atomic mass is 10.3. The average molecular weight is 221 g/mol. The third kappa shape index (κ3) is 1.74. The summed E-state index contributed by atoms with van der Waals surface area (Å²) in [5, 5.41) is 8.99. The number of nitrogens with zero attached hydrogens (tertiary/aromatic N) is 3. The first-order valence-corrected chi connectivity index (χ1v) is 4.65. The van der Waals surface area contributed by atoms with Crippen molar-refractivity contribution >= 4 is 11.0 Å². The van der Waals surface area contributed by atoms with E-state index < -0.39 is 0 Å². The van der Waals surface area contributed by atoms with Gasteiger partial charge < -0.3 is 14.6 Å². The fourth-order valence-electron chi connectivity index (χ4n) is 1.33. The predicted octanol–water partition coefficient (Wildman–Crippen LogP) is 0.534. The van der Waals surface area contributed by atoms with Gasteiger partial charge in [0, 0.05) is 0 Å². The first-order chi connectivity index (χ1) is 7.78. The molecule has 1 N–H and O–H groups in total. The summed E-state index contributed by atoms with van der Waals surface area (Å²) in [4.78, 5) is 12.3. The molecule has 0 saturated heterocycles. The van der Waals surface area contributed by atoms with Crippen LogP contribution in [0.4, 0.5) is 0 Å². The van der Waals surface area contributed by atoms with Crippen LogP contribution in [0.5, 0.6) is 11.9 Å². The molecule has 0 bridgehead atoms. The summed E-state index contributed by atoms with van der Waals surface area (Å²) in [6.07, 6.45) is 0. The number of hydrogen-bond donors (Lipinski definition) is 1. The molecule has 16 heavy (non-hydrogen) atoms. The highest BCUT2D eigenvalue weighted by atomic mass is 16.5. The molecule has 2 heterocycles. The molecular weight excluding hydrogens is 210 g/mol. The van der Waals surface area contributed by atoms with Crippen LogP contribution in [-0.2, 0) is 6.61 Å². The van der Waals surface area contributed by atoms with Gasteiger partial charge >= 0.3 is 6.01 Å². The van der Waals surface area contributed by atoms with Crippen LogP contribution in [0.3, 0.4) is 0 Å². The van der Waals surface area contributed by atoms with Crippen molar-refractivity contribution in [3.63, 3.8) is 0 Å². The SMILES string of the molecule is COc1nc(OC)c2nc(CO)ccc2n1. The second kappa shape index (κ2) is 4.28. The largest absolute Gasteiger partial charge is 0.479 e. The van der Waals surface area contributed by atoms with Crippen molar-refractivity contribution in [1.82, 2.24) is 15.0 Å². The Morgan fingerprint density at radius 2 is 1.94 bits per heavy atom. The van der Waals surface area contributed by atoms with E-state index in [1.165, 1.54) is 14.2 Å². The number of aromatic nitrogens is 3. The summed E-state index contributed by atoms with van der Waals surface area (Å²) in [5.41, 5.74) is 1.66. The topological polar surface area (TPSA) is 77.4 Å². The molecule has 0 aliphatic rings. The molecule has 0 aliphatic carbocycles. The van der Waals surface area contributed by atoms with Gasteiger partial charge in [0.15, 0.2) is 5.52 Å². The number of fused-ring (bicyclic) bond motifs is 1. The number of methoxy groups -OCH3 is 2. The van der Waals surface area contributed by atoms with Gasteiger partial charge in [-0.25, -0.2) is 4.98 Å². The molecule has 0 saturated carbocycles. The van der Waals surface area contributed by atoms with Crippen LogP contribution in [-0.4, -0.2) is 34.3 Å². The van der Waals surface area contributed by atoms with Gasteiger partial charge in [0.2, 0.25) is 5.88 Å². The molecule has 0 unspecified atom stereocenters. The Labute approximate surface area is 91.9 Å². The van der Waals surface area contributed by atoms with Crippen molar-refractivity contribution in [3.05, 3.63) is 17.8 Å². The minimum absolute atomic E-state index is 0.134. The van der Waals surface area contributed by atoms with Crippen molar-refractivity contribution in [2.24, 2.45) is 0 Å². The van der Waals surface area contributed by atoms with E-state index in [4.69, 9.17) is 14.6 Å². The van der Waals surface area contributed by atoms with Crippen LogP contribution in [0.15, 0.2) is 12.1 Å². The summed E-state index contributed by atoms with van der Waals surface area (Å²) in [7, 11) is 2.98. The van der Waals surface area contributed by atoms with Gasteiger partial charge in [-0.2, -0.15) is 9.97 Å². The van der Waals surface area contributed by atoms with Crippen molar-refractivity contribution in [3.8, 4) is 11.9 Å². The van der Waals surface area contributed by atoms with E-state index >= 15 is 0 Å². The minimum Gasteiger partial charge on any atom is -0.479 e. The Hall–Kier alpha value is -1.95. The normalized spacial score (nSPS) is 10.4. The Balaban J connectivity index is 2.69. The first kappa shape index (κ1) is 10.6. The number of pyridine rings is 1. The molecule has 2 rings (SSSR count). The van der Waals surface area contributed by atoms with Crippen LogP contribution >= 0.6 is 0 Å². The maximum atomic E-state index is 8.99. The van der Waals surface area contributed by atoms with Crippen molar-refractivity contribution in [1.29, 1.82) is 0 Å². The lowest BCUT2D eigenvalue weighted by Crippen LogP contribution is -1.99. The van der Waals surface area contributed by atoms with E-state index in [-0.39, 0.29) is 12.6 Å². The van der Waals surface area contributed by atoms with Gasteiger partial charge in [-0.05, 0) is 12.1 Å². The summed E-state index contributed by atoms with van der Waals surface area (Å²) >= 11 is 0. The van der Waals surface area contributed by atoms with E-state index in [9.17, 15) is 0 Å². The van der Waals surface area contributed by atoms with E-state index in [1.807, 2.05) is 0 Å². The highest BCUT2D eigenvalue weighted by Crippen LogP contribution is 2.22. The van der Waals surface area contributed by atoms with Crippen LogP contribution in [0.2, 0.25) is 0 Å². The molecule has 0 amide bonds. The van der Waals surface area contributed by atoms with Crippen LogP contribution < -0.4 is 9.47 Å². The van der Waals surface area contributed by atoms with Crippen molar-refractivity contribution in [2.45, 2.75) is 6.61 Å². The third-order valence-corrected chi connectivity index (χ3v) is 2.09. The van der Waals surface area contributed by atoms with E-state index in [0.717, 1.165) is 0 Å². The van der Waals surface area contributed by atoms with Gasteiger partial charge in [-0.15, -0.1) is 0 Å². The monoisotopic (exact) mass is 221 g/mol. The van der Waals surface area contributed by atoms with Gasteiger partial charge in [0.05, 0.1) is 32.0 Å². The minimum atomic E-state index is -0.134. The molecule has 0 aliphatic heterocycles. The zero-order valence-electron chi connectivity index (χ0n) is 8.97. The summed E-state index contributed by atoms with van der Waals surface area (Å²) in [5.74, 6) is 0.331. The fraction of sp³-hybridized carbons (Fsp3) is 0.300.